The number of thiazole rings is 1. The van der Waals surface area contributed by atoms with Gasteiger partial charge in [-0.25, -0.2) is 4.98 Å². The van der Waals surface area contributed by atoms with Crippen LogP contribution in [0.15, 0.2) is 35.5 Å². The third kappa shape index (κ3) is 9.69. The number of alkyl halides is 3. The van der Waals surface area contributed by atoms with Gasteiger partial charge in [0.25, 0.3) is 0 Å². The van der Waals surface area contributed by atoms with Crippen LogP contribution in [0.25, 0.3) is 0 Å². The molecule has 0 unspecified atom stereocenters. The molecule has 5 nitrogen and oxygen atoms in total. The van der Waals surface area contributed by atoms with Gasteiger partial charge in [0, 0.05) is 37.6 Å². The first-order chi connectivity index (χ1) is 12.9. The fraction of sp³-hybridized carbons (Fsp3) is 0.444. The van der Waals surface area contributed by atoms with Crippen molar-refractivity contribution in [1.82, 2.24) is 15.6 Å². The van der Waals surface area contributed by atoms with E-state index < -0.39 is 12.8 Å². The number of hydrogen-bond donors (Lipinski definition) is 2. The quantitative estimate of drug-likeness (QED) is 0.309. The zero-order valence-electron chi connectivity index (χ0n) is 15.7. The Morgan fingerprint density at radius 2 is 1.86 bits per heavy atom. The van der Waals surface area contributed by atoms with Gasteiger partial charge in [-0.1, -0.05) is 24.3 Å². The average molecular weight is 528 g/mol. The molecule has 0 fully saturated rings. The normalized spacial score (nSPS) is 11.8. The minimum absolute atomic E-state index is 0. The van der Waals surface area contributed by atoms with Crippen molar-refractivity contribution in [3.05, 3.63) is 51.5 Å². The van der Waals surface area contributed by atoms with E-state index in [0.717, 1.165) is 23.5 Å². The summed E-state index contributed by atoms with van der Waals surface area (Å²) in [5, 5.41) is 7.51. The van der Waals surface area contributed by atoms with E-state index >= 15 is 0 Å². The minimum Gasteiger partial charge on any atom is -0.367 e. The smallest absolute Gasteiger partial charge is 0.367 e. The molecule has 2 aromatic rings. The monoisotopic (exact) mass is 528 g/mol. The van der Waals surface area contributed by atoms with Crippen LogP contribution in [0.3, 0.4) is 0 Å². The van der Waals surface area contributed by atoms with Gasteiger partial charge in [-0.15, -0.1) is 35.3 Å². The third-order valence-electron chi connectivity index (χ3n) is 3.54. The predicted molar refractivity (Wildman–Crippen MR) is 116 cm³/mol. The van der Waals surface area contributed by atoms with E-state index in [2.05, 4.69) is 25.3 Å². The Bertz CT molecular complexity index is 735. The Labute approximate surface area is 183 Å². The molecule has 2 rings (SSSR count). The fourth-order valence-corrected chi connectivity index (χ4v) is 3.04. The first kappa shape index (κ1) is 24.6. The van der Waals surface area contributed by atoms with E-state index in [1.165, 1.54) is 4.88 Å². The second kappa shape index (κ2) is 12.2. The summed E-state index contributed by atoms with van der Waals surface area (Å²) < 4.78 is 40.8. The molecule has 10 heteroatoms. The average Bonchev–Trinajstić information content (AvgIpc) is 3.03. The van der Waals surface area contributed by atoms with Crippen LogP contribution in [0.4, 0.5) is 13.2 Å². The largest absolute Gasteiger partial charge is 0.411 e. The van der Waals surface area contributed by atoms with Gasteiger partial charge >= 0.3 is 6.18 Å². The standard InChI is InChI=1S/C18H23F3N4OS.HI/c1-13-9-24-16(27-13)7-8-23-17(22-2)25-10-14-3-5-15(6-4-14)11-26-12-18(19,20)21;/h3-6,9H,7-8,10-12H2,1-2H3,(H2,22,23,25);1H. The molecule has 0 spiro atoms. The Balaban J connectivity index is 0.00000392. The van der Waals surface area contributed by atoms with Crippen molar-refractivity contribution in [1.29, 1.82) is 0 Å². The summed E-state index contributed by atoms with van der Waals surface area (Å²) in [7, 11) is 1.70. The number of hydrogen-bond acceptors (Lipinski definition) is 4. The van der Waals surface area contributed by atoms with E-state index in [-0.39, 0.29) is 30.6 Å². The Kier molecular flexibility index (Phi) is 10.8. The number of aromatic nitrogens is 1. The number of aliphatic imine (C=N–C) groups is 1. The van der Waals surface area contributed by atoms with Gasteiger partial charge in [0.05, 0.1) is 11.6 Å². The summed E-state index contributed by atoms with van der Waals surface area (Å²) >= 11 is 1.68. The van der Waals surface area contributed by atoms with E-state index in [1.807, 2.05) is 25.3 Å². The molecule has 1 aromatic carbocycles. The molecule has 0 aliphatic carbocycles. The van der Waals surface area contributed by atoms with Crippen molar-refractivity contribution < 1.29 is 17.9 Å². The number of rotatable bonds is 8. The highest BCUT2D eigenvalue weighted by atomic mass is 127. The first-order valence-electron chi connectivity index (χ1n) is 8.44. The summed E-state index contributed by atoms with van der Waals surface area (Å²) in [5.41, 5.74) is 1.69. The van der Waals surface area contributed by atoms with Crippen molar-refractivity contribution in [3.63, 3.8) is 0 Å². The van der Waals surface area contributed by atoms with Gasteiger partial charge in [-0.05, 0) is 18.1 Å². The van der Waals surface area contributed by atoms with E-state index in [9.17, 15) is 13.2 Å². The van der Waals surface area contributed by atoms with Crippen LogP contribution < -0.4 is 10.6 Å². The molecule has 0 bridgehead atoms. The van der Waals surface area contributed by atoms with Crippen LogP contribution >= 0.6 is 35.3 Å². The van der Waals surface area contributed by atoms with Crippen LogP contribution in [-0.2, 0) is 24.3 Å². The Morgan fingerprint density at radius 3 is 2.43 bits per heavy atom. The van der Waals surface area contributed by atoms with Crippen molar-refractivity contribution >= 4 is 41.3 Å². The predicted octanol–water partition coefficient (Wildman–Crippen LogP) is 4.06. The number of halogens is 4. The molecule has 0 saturated carbocycles. The SMILES string of the molecule is CN=C(NCCc1ncc(C)s1)NCc1ccc(COCC(F)(F)F)cc1.I. The lowest BCUT2D eigenvalue weighted by Gasteiger charge is -2.12. The zero-order valence-corrected chi connectivity index (χ0v) is 18.8. The van der Waals surface area contributed by atoms with Crippen molar-refractivity contribution in [2.45, 2.75) is 32.7 Å². The topological polar surface area (TPSA) is 58.5 Å². The zero-order chi connectivity index (χ0) is 19.7. The number of nitrogens with zero attached hydrogens (tertiary/aromatic N) is 2. The molecule has 2 N–H and O–H groups in total. The van der Waals surface area contributed by atoms with E-state index in [4.69, 9.17) is 0 Å². The maximum absolute atomic E-state index is 12.1. The second-order valence-electron chi connectivity index (χ2n) is 5.89. The highest BCUT2D eigenvalue weighted by Crippen LogP contribution is 2.16. The molecule has 0 atom stereocenters. The summed E-state index contributed by atoms with van der Waals surface area (Å²) in [5.74, 6) is 0.681. The lowest BCUT2D eigenvalue weighted by atomic mass is 10.1. The van der Waals surface area contributed by atoms with Gasteiger partial charge in [0.2, 0.25) is 0 Å². The maximum atomic E-state index is 12.1. The highest BCUT2D eigenvalue weighted by molar-refractivity contribution is 14.0. The minimum atomic E-state index is -4.30. The molecule has 156 valence electrons. The van der Waals surface area contributed by atoms with Gasteiger partial charge in [-0.3, -0.25) is 4.99 Å². The molecule has 0 aliphatic heterocycles. The Hall–Kier alpha value is -1.40. The van der Waals surface area contributed by atoms with Crippen LogP contribution in [0.5, 0.6) is 0 Å². The molecule has 0 saturated heterocycles. The van der Waals surface area contributed by atoms with Gasteiger partial charge < -0.3 is 15.4 Å². The first-order valence-corrected chi connectivity index (χ1v) is 9.25. The van der Waals surface area contributed by atoms with Crippen LogP contribution in [0.1, 0.15) is 21.0 Å². The van der Waals surface area contributed by atoms with Crippen LogP contribution in [0, 0.1) is 6.92 Å². The molecule has 0 aliphatic rings. The fourth-order valence-electron chi connectivity index (χ4n) is 2.25. The number of ether oxygens (including phenoxy) is 1. The van der Waals surface area contributed by atoms with Crippen molar-refractivity contribution in [2.24, 2.45) is 4.99 Å². The van der Waals surface area contributed by atoms with Crippen molar-refractivity contribution in [3.8, 4) is 0 Å². The molecule has 1 aromatic heterocycles. The van der Waals surface area contributed by atoms with E-state index in [1.54, 1.807) is 30.5 Å². The van der Waals surface area contributed by atoms with Crippen LogP contribution in [0.2, 0.25) is 0 Å². The molecule has 0 amide bonds. The van der Waals surface area contributed by atoms with Crippen molar-refractivity contribution in [2.75, 3.05) is 20.2 Å². The number of aryl methyl sites for hydroxylation is 1. The number of nitrogens with one attached hydrogen (secondary N) is 2. The molecular weight excluding hydrogens is 504 g/mol. The van der Waals surface area contributed by atoms with Gasteiger partial charge in [-0.2, -0.15) is 13.2 Å². The Morgan fingerprint density at radius 1 is 1.18 bits per heavy atom. The highest BCUT2D eigenvalue weighted by Gasteiger charge is 2.27. The molecule has 0 radical (unpaired) electrons. The summed E-state index contributed by atoms with van der Waals surface area (Å²) in [6.07, 6.45) is -1.61. The summed E-state index contributed by atoms with van der Waals surface area (Å²) in [4.78, 5) is 9.69. The molecule has 1 heterocycles. The lowest BCUT2D eigenvalue weighted by Crippen LogP contribution is -2.37. The van der Waals surface area contributed by atoms with E-state index in [0.29, 0.717) is 18.1 Å². The number of benzene rings is 1. The lowest BCUT2D eigenvalue weighted by molar-refractivity contribution is -0.176. The molecular formula is C18H24F3IN4OS. The van der Waals surface area contributed by atoms with Gasteiger partial charge in [0.1, 0.15) is 6.61 Å². The summed E-state index contributed by atoms with van der Waals surface area (Å²) in [6.45, 7) is 2.01. The molecule has 28 heavy (non-hydrogen) atoms. The maximum Gasteiger partial charge on any atom is 0.411 e. The number of guanidine groups is 1. The van der Waals surface area contributed by atoms with Crippen LogP contribution in [-0.4, -0.2) is 37.3 Å². The van der Waals surface area contributed by atoms with Gasteiger partial charge in [0.15, 0.2) is 5.96 Å². The summed E-state index contributed by atoms with van der Waals surface area (Å²) in [6, 6.07) is 7.22. The second-order valence-corrected chi connectivity index (χ2v) is 7.21. The third-order valence-corrected chi connectivity index (χ3v) is 4.51.